The summed E-state index contributed by atoms with van der Waals surface area (Å²) in [4.78, 5) is 14.8. The first-order chi connectivity index (χ1) is 14.1. The molecule has 152 valence electrons. The van der Waals surface area contributed by atoms with E-state index < -0.39 is 0 Å². The zero-order valence-corrected chi connectivity index (χ0v) is 16.7. The van der Waals surface area contributed by atoms with Crippen LogP contribution < -0.4 is 10.1 Å². The fraction of sp³-hybridized carbons (Fsp3) is 0.261. The Kier molecular flexibility index (Phi) is 7.03. The van der Waals surface area contributed by atoms with Gasteiger partial charge >= 0.3 is 0 Å². The van der Waals surface area contributed by atoms with Crippen LogP contribution in [0, 0.1) is 5.82 Å². The molecule has 0 aliphatic heterocycles. The molecule has 1 aromatic heterocycles. The number of rotatable bonds is 9. The van der Waals surface area contributed by atoms with Gasteiger partial charge in [-0.3, -0.25) is 9.69 Å². The first-order valence-electron chi connectivity index (χ1n) is 9.67. The molecule has 1 heterocycles. The number of halogens is 1. The Morgan fingerprint density at radius 3 is 2.55 bits per heavy atom. The van der Waals surface area contributed by atoms with Gasteiger partial charge in [0.1, 0.15) is 23.9 Å². The topological polar surface area (TPSA) is 54.7 Å². The second-order valence-electron chi connectivity index (χ2n) is 6.62. The number of benzene rings is 2. The molecule has 0 atom stereocenters. The standard InChI is InChI=1S/C23H25FN2O3/c1-3-26(4-2)15-17-6-5-7-19(14-17)25-23(27)22-13-12-21(29-22)16-28-20-10-8-18(24)9-11-20/h5-14H,3-4,15-16H2,1-2H3,(H,25,27). The maximum atomic E-state index is 12.9. The highest BCUT2D eigenvalue weighted by Gasteiger charge is 2.12. The van der Waals surface area contributed by atoms with Crippen molar-refractivity contribution in [1.29, 1.82) is 0 Å². The van der Waals surface area contributed by atoms with Crippen LogP contribution in [0.4, 0.5) is 10.1 Å². The maximum Gasteiger partial charge on any atom is 0.291 e. The summed E-state index contributed by atoms with van der Waals surface area (Å²) < 4.78 is 24.0. The first-order valence-corrected chi connectivity index (χ1v) is 9.67. The molecule has 1 N–H and O–H groups in total. The van der Waals surface area contributed by atoms with Crippen LogP contribution in [-0.2, 0) is 13.2 Å². The molecule has 0 aliphatic carbocycles. The minimum Gasteiger partial charge on any atom is -0.486 e. The van der Waals surface area contributed by atoms with Crippen molar-refractivity contribution < 1.29 is 18.3 Å². The van der Waals surface area contributed by atoms with Crippen LogP contribution in [0.15, 0.2) is 65.1 Å². The van der Waals surface area contributed by atoms with Crippen LogP contribution in [0.3, 0.4) is 0 Å². The normalized spacial score (nSPS) is 10.9. The Morgan fingerprint density at radius 2 is 1.83 bits per heavy atom. The van der Waals surface area contributed by atoms with Gasteiger partial charge in [-0.2, -0.15) is 0 Å². The molecular weight excluding hydrogens is 371 g/mol. The Hall–Kier alpha value is -3.12. The summed E-state index contributed by atoms with van der Waals surface area (Å²) in [6, 6.07) is 16.8. The van der Waals surface area contributed by atoms with Crippen LogP contribution in [0.1, 0.15) is 35.7 Å². The number of hydrogen-bond acceptors (Lipinski definition) is 4. The lowest BCUT2D eigenvalue weighted by atomic mass is 10.2. The van der Waals surface area contributed by atoms with Crippen LogP contribution in [0.5, 0.6) is 5.75 Å². The van der Waals surface area contributed by atoms with E-state index in [4.69, 9.17) is 9.15 Å². The summed E-state index contributed by atoms with van der Waals surface area (Å²) in [6.07, 6.45) is 0. The van der Waals surface area contributed by atoms with Crippen LogP contribution in [-0.4, -0.2) is 23.9 Å². The van der Waals surface area contributed by atoms with Gasteiger partial charge in [-0.15, -0.1) is 0 Å². The molecule has 0 unspecified atom stereocenters. The predicted molar refractivity (Wildman–Crippen MR) is 110 cm³/mol. The van der Waals surface area contributed by atoms with E-state index >= 15 is 0 Å². The molecule has 6 heteroatoms. The third-order valence-electron chi connectivity index (χ3n) is 4.57. The Morgan fingerprint density at radius 1 is 1.07 bits per heavy atom. The van der Waals surface area contributed by atoms with Crippen molar-refractivity contribution in [1.82, 2.24) is 4.90 Å². The molecule has 1 amide bonds. The highest BCUT2D eigenvalue weighted by Crippen LogP contribution is 2.17. The van der Waals surface area contributed by atoms with Crippen LogP contribution in [0.25, 0.3) is 0 Å². The Bertz CT molecular complexity index is 933. The van der Waals surface area contributed by atoms with E-state index in [9.17, 15) is 9.18 Å². The van der Waals surface area contributed by atoms with E-state index in [0.717, 1.165) is 30.9 Å². The fourth-order valence-electron chi connectivity index (χ4n) is 2.91. The minimum atomic E-state index is -0.324. The summed E-state index contributed by atoms with van der Waals surface area (Å²) in [6.45, 7) is 7.19. The molecule has 3 rings (SSSR count). The molecule has 0 aliphatic rings. The number of hydrogen-bond donors (Lipinski definition) is 1. The number of carbonyl (C=O) groups excluding carboxylic acids is 1. The quantitative estimate of drug-likeness (QED) is 0.547. The van der Waals surface area contributed by atoms with Gasteiger partial charge in [-0.1, -0.05) is 26.0 Å². The van der Waals surface area contributed by atoms with Crippen LogP contribution in [0.2, 0.25) is 0 Å². The third-order valence-corrected chi connectivity index (χ3v) is 4.57. The van der Waals surface area contributed by atoms with Gasteiger partial charge < -0.3 is 14.5 Å². The van der Waals surface area contributed by atoms with Gasteiger partial charge in [0, 0.05) is 12.2 Å². The van der Waals surface area contributed by atoms with E-state index in [0.29, 0.717) is 11.5 Å². The lowest BCUT2D eigenvalue weighted by Gasteiger charge is -2.18. The molecule has 0 spiro atoms. The summed E-state index contributed by atoms with van der Waals surface area (Å²) in [5.74, 6) is 0.596. The number of nitrogens with zero attached hydrogens (tertiary/aromatic N) is 1. The lowest BCUT2D eigenvalue weighted by Crippen LogP contribution is -2.22. The van der Waals surface area contributed by atoms with Crippen molar-refractivity contribution in [3.8, 4) is 5.75 Å². The predicted octanol–water partition coefficient (Wildman–Crippen LogP) is 5.09. The number of anilines is 1. The largest absolute Gasteiger partial charge is 0.486 e. The fourth-order valence-corrected chi connectivity index (χ4v) is 2.91. The van der Waals surface area contributed by atoms with Gasteiger partial charge in [0.2, 0.25) is 0 Å². The molecule has 3 aromatic rings. The average Bonchev–Trinajstić information content (AvgIpc) is 3.21. The second kappa shape index (κ2) is 9.89. The summed E-state index contributed by atoms with van der Waals surface area (Å²) >= 11 is 0. The van der Waals surface area contributed by atoms with Gasteiger partial charge in [-0.25, -0.2) is 4.39 Å². The molecule has 0 saturated carbocycles. The first kappa shape index (κ1) is 20.6. The van der Waals surface area contributed by atoms with Crippen molar-refractivity contribution in [2.24, 2.45) is 0 Å². The number of amides is 1. The molecule has 0 fully saturated rings. The molecule has 0 bridgehead atoms. The number of nitrogens with one attached hydrogen (secondary N) is 1. The van der Waals surface area contributed by atoms with E-state index in [1.807, 2.05) is 24.3 Å². The van der Waals surface area contributed by atoms with Crippen LogP contribution >= 0.6 is 0 Å². The molecule has 29 heavy (non-hydrogen) atoms. The smallest absolute Gasteiger partial charge is 0.291 e. The lowest BCUT2D eigenvalue weighted by molar-refractivity contribution is 0.0992. The third kappa shape index (κ3) is 5.93. The SMILES string of the molecule is CCN(CC)Cc1cccc(NC(=O)c2ccc(COc3ccc(F)cc3)o2)c1. The van der Waals surface area contributed by atoms with E-state index in [2.05, 4.69) is 24.1 Å². The second-order valence-corrected chi connectivity index (χ2v) is 6.62. The zero-order valence-electron chi connectivity index (χ0n) is 16.7. The summed E-state index contributed by atoms with van der Waals surface area (Å²) in [5.41, 5.74) is 1.86. The molecular formula is C23H25FN2O3. The number of furan rings is 1. The van der Waals surface area contributed by atoms with Crippen molar-refractivity contribution in [2.75, 3.05) is 18.4 Å². The molecule has 0 saturated heterocycles. The highest BCUT2D eigenvalue weighted by molar-refractivity contribution is 6.02. The highest BCUT2D eigenvalue weighted by atomic mass is 19.1. The Balaban J connectivity index is 1.58. The minimum absolute atomic E-state index is 0.151. The van der Waals surface area contributed by atoms with Gasteiger partial charge in [-0.05, 0) is 67.2 Å². The van der Waals surface area contributed by atoms with Crippen molar-refractivity contribution in [2.45, 2.75) is 27.0 Å². The zero-order chi connectivity index (χ0) is 20.6. The van der Waals surface area contributed by atoms with E-state index in [1.54, 1.807) is 12.1 Å². The maximum absolute atomic E-state index is 12.9. The summed E-state index contributed by atoms with van der Waals surface area (Å²) in [5, 5.41) is 2.87. The molecule has 5 nitrogen and oxygen atoms in total. The van der Waals surface area contributed by atoms with Crippen molar-refractivity contribution in [3.63, 3.8) is 0 Å². The molecule has 0 radical (unpaired) electrons. The monoisotopic (exact) mass is 396 g/mol. The van der Waals surface area contributed by atoms with Gasteiger partial charge in [0.15, 0.2) is 5.76 Å². The summed E-state index contributed by atoms with van der Waals surface area (Å²) in [7, 11) is 0. The number of ether oxygens (including phenoxy) is 1. The van der Waals surface area contributed by atoms with Gasteiger partial charge in [0.05, 0.1) is 0 Å². The average molecular weight is 396 g/mol. The van der Waals surface area contributed by atoms with E-state index in [-0.39, 0.29) is 24.1 Å². The number of carbonyl (C=O) groups is 1. The molecule has 2 aromatic carbocycles. The van der Waals surface area contributed by atoms with Crippen molar-refractivity contribution in [3.05, 3.63) is 83.6 Å². The van der Waals surface area contributed by atoms with Crippen molar-refractivity contribution >= 4 is 11.6 Å². The Labute approximate surface area is 170 Å². The van der Waals surface area contributed by atoms with Gasteiger partial charge in [0.25, 0.3) is 5.91 Å². The van der Waals surface area contributed by atoms with E-state index in [1.165, 1.54) is 24.3 Å².